The third-order valence-electron chi connectivity index (χ3n) is 3.79. The van der Waals surface area contributed by atoms with E-state index in [1.165, 1.54) is 11.3 Å². The zero-order valence-electron chi connectivity index (χ0n) is 13.8. The maximum Gasteiger partial charge on any atom is 0.0694 e. The first kappa shape index (κ1) is 16.6. The second-order valence-corrected chi connectivity index (χ2v) is 7.83. The molecule has 0 radical (unpaired) electrons. The maximum atomic E-state index is 6.24. The van der Waals surface area contributed by atoms with Gasteiger partial charge in [-0.05, 0) is 52.3 Å². The van der Waals surface area contributed by atoms with E-state index in [0.29, 0.717) is 0 Å². The van der Waals surface area contributed by atoms with Crippen LogP contribution in [0.4, 0.5) is 5.69 Å². The van der Waals surface area contributed by atoms with Crippen LogP contribution in [-0.4, -0.2) is 30.8 Å². The lowest BCUT2D eigenvalue weighted by atomic mass is 9.99. The van der Waals surface area contributed by atoms with Gasteiger partial charge in [-0.15, -0.1) is 0 Å². The second-order valence-electron chi connectivity index (χ2n) is 7.39. The molecule has 1 saturated heterocycles. The smallest absolute Gasteiger partial charge is 0.0694 e. The fraction of sp³-hybridized carbons (Fsp3) is 0.647. The molecule has 1 heterocycles. The van der Waals surface area contributed by atoms with Crippen LogP contribution in [0.1, 0.15) is 40.2 Å². The van der Waals surface area contributed by atoms with Crippen LogP contribution < -0.4 is 10.2 Å². The molecule has 1 aliphatic heterocycles. The monoisotopic (exact) mass is 310 g/mol. The van der Waals surface area contributed by atoms with Gasteiger partial charge in [0.05, 0.1) is 18.8 Å². The summed E-state index contributed by atoms with van der Waals surface area (Å²) < 4.78 is 5.63. The molecule has 1 aliphatic rings. The van der Waals surface area contributed by atoms with Gasteiger partial charge >= 0.3 is 0 Å². The Morgan fingerprint density at radius 1 is 1.33 bits per heavy atom. The van der Waals surface area contributed by atoms with Gasteiger partial charge in [-0.2, -0.15) is 0 Å². The van der Waals surface area contributed by atoms with E-state index in [4.69, 9.17) is 16.3 Å². The number of benzene rings is 1. The topological polar surface area (TPSA) is 24.5 Å². The maximum absolute atomic E-state index is 6.24. The predicted octanol–water partition coefficient (Wildman–Crippen LogP) is 3.84. The van der Waals surface area contributed by atoms with Crippen LogP contribution in [0.25, 0.3) is 0 Å². The first-order valence-corrected chi connectivity index (χ1v) is 7.96. The first-order valence-electron chi connectivity index (χ1n) is 7.58. The first-order chi connectivity index (χ1) is 9.69. The molecule has 4 heteroatoms. The minimum atomic E-state index is -0.0145. The van der Waals surface area contributed by atoms with E-state index in [-0.39, 0.29) is 11.1 Å². The number of hydrogen-bond donors (Lipinski definition) is 1. The molecule has 1 aromatic rings. The van der Waals surface area contributed by atoms with Crippen molar-refractivity contribution in [3.8, 4) is 0 Å². The molecule has 0 unspecified atom stereocenters. The molecule has 1 fully saturated rings. The lowest BCUT2D eigenvalue weighted by Crippen LogP contribution is -2.53. The number of nitrogens with zero attached hydrogens (tertiary/aromatic N) is 1. The van der Waals surface area contributed by atoms with E-state index < -0.39 is 0 Å². The summed E-state index contributed by atoms with van der Waals surface area (Å²) in [4.78, 5) is 2.42. The van der Waals surface area contributed by atoms with E-state index in [1.807, 2.05) is 6.07 Å². The van der Waals surface area contributed by atoms with Crippen molar-refractivity contribution in [2.75, 3.05) is 24.7 Å². The summed E-state index contributed by atoms with van der Waals surface area (Å²) in [6, 6.07) is 6.18. The quantitative estimate of drug-likeness (QED) is 0.918. The van der Waals surface area contributed by atoms with Crippen molar-refractivity contribution in [1.82, 2.24) is 5.32 Å². The zero-order chi connectivity index (χ0) is 15.7. The Kier molecular flexibility index (Phi) is 4.86. The Balaban J connectivity index is 2.30. The molecular formula is C17H27ClN2O. The van der Waals surface area contributed by atoms with Crippen molar-refractivity contribution in [3.05, 3.63) is 28.8 Å². The molecule has 0 spiro atoms. The number of nitrogens with one attached hydrogen (secondary N) is 1. The van der Waals surface area contributed by atoms with Gasteiger partial charge in [0.1, 0.15) is 0 Å². The average Bonchev–Trinajstić information content (AvgIpc) is 2.35. The fourth-order valence-electron chi connectivity index (χ4n) is 2.60. The van der Waals surface area contributed by atoms with Gasteiger partial charge in [-0.1, -0.05) is 17.7 Å². The summed E-state index contributed by atoms with van der Waals surface area (Å²) in [5, 5.41) is 4.35. The standard InChI is InChI=1S/C17H27ClN2O/c1-16(2,3)19-11-13-6-7-14(18)10-15(13)20-8-9-21-12-17(20,4)5/h6-7,10,19H,8-9,11-12H2,1-5H3. The molecule has 21 heavy (non-hydrogen) atoms. The van der Waals surface area contributed by atoms with Crippen LogP contribution in [0.2, 0.25) is 5.02 Å². The summed E-state index contributed by atoms with van der Waals surface area (Å²) in [5.41, 5.74) is 2.58. The van der Waals surface area contributed by atoms with Gasteiger partial charge < -0.3 is 15.0 Å². The minimum absolute atomic E-state index is 0.0145. The Morgan fingerprint density at radius 2 is 2.05 bits per heavy atom. The van der Waals surface area contributed by atoms with Crippen molar-refractivity contribution in [1.29, 1.82) is 0 Å². The van der Waals surface area contributed by atoms with Crippen molar-refractivity contribution < 1.29 is 4.74 Å². The number of ether oxygens (including phenoxy) is 1. The lowest BCUT2D eigenvalue weighted by Gasteiger charge is -2.44. The van der Waals surface area contributed by atoms with Crippen molar-refractivity contribution >= 4 is 17.3 Å². The molecule has 1 N–H and O–H groups in total. The van der Waals surface area contributed by atoms with E-state index in [2.05, 4.69) is 57.0 Å². The highest BCUT2D eigenvalue weighted by molar-refractivity contribution is 6.30. The Morgan fingerprint density at radius 3 is 2.67 bits per heavy atom. The second kappa shape index (κ2) is 6.15. The van der Waals surface area contributed by atoms with Gasteiger partial charge in [0.15, 0.2) is 0 Å². The van der Waals surface area contributed by atoms with Gasteiger partial charge in [-0.3, -0.25) is 0 Å². The molecule has 0 atom stereocenters. The van der Waals surface area contributed by atoms with E-state index in [0.717, 1.165) is 31.3 Å². The van der Waals surface area contributed by atoms with Crippen LogP contribution >= 0.6 is 11.6 Å². The van der Waals surface area contributed by atoms with Crippen LogP contribution in [-0.2, 0) is 11.3 Å². The molecule has 118 valence electrons. The number of anilines is 1. The molecule has 0 aromatic heterocycles. The largest absolute Gasteiger partial charge is 0.377 e. The van der Waals surface area contributed by atoms with Crippen LogP contribution in [0.5, 0.6) is 0 Å². The molecule has 0 amide bonds. The van der Waals surface area contributed by atoms with E-state index in [9.17, 15) is 0 Å². The molecule has 0 saturated carbocycles. The van der Waals surface area contributed by atoms with Gasteiger partial charge in [0.2, 0.25) is 0 Å². The minimum Gasteiger partial charge on any atom is -0.377 e. The molecule has 1 aromatic carbocycles. The van der Waals surface area contributed by atoms with E-state index in [1.54, 1.807) is 0 Å². The predicted molar refractivity (Wildman–Crippen MR) is 90.3 cm³/mol. The molecule has 0 aliphatic carbocycles. The van der Waals surface area contributed by atoms with E-state index >= 15 is 0 Å². The normalized spacial score (nSPS) is 18.9. The average molecular weight is 311 g/mol. The highest BCUT2D eigenvalue weighted by Gasteiger charge is 2.32. The number of halogens is 1. The zero-order valence-corrected chi connectivity index (χ0v) is 14.5. The summed E-state index contributed by atoms with van der Waals surface area (Å²) >= 11 is 6.24. The van der Waals surface area contributed by atoms with Crippen LogP contribution in [0.3, 0.4) is 0 Å². The molecular weight excluding hydrogens is 284 g/mol. The summed E-state index contributed by atoms with van der Waals surface area (Å²) in [6.45, 7) is 14.2. The Labute approximate surface area is 133 Å². The van der Waals surface area contributed by atoms with Crippen molar-refractivity contribution in [2.24, 2.45) is 0 Å². The summed E-state index contributed by atoms with van der Waals surface area (Å²) in [6.07, 6.45) is 0. The van der Waals surface area contributed by atoms with Gasteiger partial charge in [-0.25, -0.2) is 0 Å². The van der Waals surface area contributed by atoms with Gasteiger partial charge in [0, 0.05) is 29.3 Å². The van der Waals surface area contributed by atoms with Crippen molar-refractivity contribution in [3.63, 3.8) is 0 Å². The SMILES string of the molecule is CC(C)(C)NCc1ccc(Cl)cc1N1CCOCC1(C)C. The highest BCUT2D eigenvalue weighted by Crippen LogP contribution is 2.32. The Bertz CT molecular complexity index is 494. The van der Waals surface area contributed by atoms with Crippen LogP contribution in [0, 0.1) is 0 Å². The highest BCUT2D eigenvalue weighted by atomic mass is 35.5. The number of morpholine rings is 1. The molecule has 3 nitrogen and oxygen atoms in total. The number of hydrogen-bond acceptors (Lipinski definition) is 3. The summed E-state index contributed by atoms with van der Waals surface area (Å²) in [7, 11) is 0. The van der Waals surface area contributed by atoms with Gasteiger partial charge in [0.25, 0.3) is 0 Å². The molecule has 2 rings (SSSR count). The van der Waals surface area contributed by atoms with Crippen molar-refractivity contribution in [2.45, 2.75) is 52.2 Å². The third kappa shape index (κ3) is 4.35. The fourth-order valence-corrected chi connectivity index (χ4v) is 2.77. The summed E-state index contributed by atoms with van der Waals surface area (Å²) in [5.74, 6) is 0. The Hall–Kier alpha value is -0.770. The lowest BCUT2D eigenvalue weighted by molar-refractivity contribution is 0.0643. The number of rotatable bonds is 3. The van der Waals surface area contributed by atoms with Crippen LogP contribution in [0.15, 0.2) is 18.2 Å². The third-order valence-corrected chi connectivity index (χ3v) is 4.03. The molecule has 0 bridgehead atoms.